The zero-order valence-corrected chi connectivity index (χ0v) is 11.9. The Bertz CT molecular complexity index is 621. The Balaban J connectivity index is 2.05. The van der Waals surface area contributed by atoms with Crippen LogP contribution in [-0.2, 0) is 13.0 Å². The van der Waals surface area contributed by atoms with Gasteiger partial charge in [-0.15, -0.1) is 0 Å². The van der Waals surface area contributed by atoms with Crippen molar-refractivity contribution >= 4 is 11.0 Å². The van der Waals surface area contributed by atoms with Crippen LogP contribution < -0.4 is 15.2 Å². The lowest BCUT2D eigenvalue weighted by Crippen LogP contribution is -2.20. The first-order chi connectivity index (χ1) is 9.69. The van der Waals surface area contributed by atoms with E-state index in [1.54, 1.807) is 0 Å². The monoisotopic (exact) mass is 276 g/mol. The predicted molar refractivity (Wildman–Crippen MR) is 77.2 cm³/mol. The standard InChI is InChI=1S/C14H20N4O2/c1-17(2)5-6-18-11-8-13-12(19-9-20-13)7-10(11)16-14(18)3-4-15/h7-8H,3-6,9,15H2,1-2H3. The van der Waals surface area contributed by atoms with Gasteiger partial charge in [-0.25, -0.2) is 4.98 Å². The van der Waals surface area contributed by atoms with Gasteiger partial charge in [0, 0.05) is 31.6 Å². The summed E-state index contributed by atoms with van der Waals surface area (Å²) in [5.41, 5.74) is 7.72. The minimum atomic E-state index is 0.287. The third-order valence-corrected chi connectivity index (χ3v) is 3.46. The van der Waals surface area contributed by atoms with Crippen molar-refractivity contribution in [1.29, 1.82) is 0 Å². The maximum absolute atomic E-state index is 5.69. The van der Waals surface area contributed by atoms with E-state index < -0.39 is 0 Å². The number of hydrogen-bond donors (Lipinski definition) is 1. The number of rotatable bonds is 5. The molecule has 20 heavy (non-hydrogen) atoms. The molecule has 0 unspecified atom stereocenters. The highest BCUT2D eigenvalue weighted by molar-refractivity contribution is 5.81. The van der Waals surface area contributed by atoms with E-state index in [-0.39, 0.29) is 6.79 Å². The number of hydrogen-bond acceptors (Lipinski definition) is 5. The molecule has 1 aromatic carbocycles. The van der Waals surface area contributed by atoms with Crippen LogP contribution in [0.15, 0.2) is 12.1 Å². The number of likely N-dealkylation sites (N-methyl/N-ethyl adjacent to an activating group) is 1. The molecule has 2 N–H and O–H groups in total. The summed E-state index contributed by atoms with van der Waals surface area (Å²) >= 11 is 0. The first kappa shape index (κ1) is 13.2. The fourth-order valence-electron chi connectivity index (χ4n) is 2.43. The van der Waals surface area contributed by atoms with Crippen LogP contribution in [0, 0.1) is 0 Å². The molecule has 1 aliphatic rings. The van der Waals surface area contributed by atoms with Gasteiger partial charge in [0.2, 0.25) is 6.79 Å². The molecule has 0 radical (unpaired) electrons. The second kappa shape index (κ2) is 5.30. The highest BCUT2D eigenvalue weighted by Gasteiger charge is 2.18. The number of benzene rings is 1. The van der Waals surface area contributed by atoms with Crippen molar-refractivity contribution < 1.29 is 9.47 Å². The lowest BCUT2D eigenvalue weighted by atomic mass is 10.2. The fourth-order valence-corrected chi connectivity index (χ4v) is 2.43. The molecule has 108 valence electrons. The van der Waals surface area contributed by atoms with Crippen LogP contribution in [0.3, 0.4) is 0 Å². The Kier molecular flexibility index (Phi) is 3.50. The molecule has 0 aliphatic carbocycles. The van der Waals surface area contributed by atoms with Crippen molar-refractivity contribution in [3.63, 3.8) is 0 Å². The quantitative estimate of drug-likeness (QED) is 0.876. The van der Waals surface area contributed by atoms with Crippen molar-refractivity contribution in [3.8, 4) is 11.5 Å². The van der Waals surface area contributed by atoms with Crippen LogP contribution >= 0.6 is 0 Å². The first-order valence-corrected chi connectivity index (χ1v) is 6.82. The molecule has 0 spiro atoms. The van der Waals surface area contributed by atoms with Gasteiger partial charge in [-0.1, -0.05) is 0 Å². The maximum Gasteiger partial charge on any atom is 0.231 e. The number of nitrogens with zero attached hydrogens (tertiary/aromatic N) is 3. The second-order valence-corrected chi connectivity index (χ2v) is 5.22. The lowest BCUT2D eigenvalue weighted by molar-refractivity contribution is 0.174. The molecule has 1 aromatic heterocycles. The Labute approximate surface area is 118 Å². The van der Waals surface area contributed by atoms with Crippen LogP contribution in [0.4, 0.5) is 0 Å². The van der Waals surface area contributed by atoms with Crippen LogP contribution in [0.25, 0.3) is 11.0 Å². The topological polar surface area (TPSA) is 65.5 Å². The molecule has 2 heterocycles. The number of fused-ring (bicyclic) bond motifs is 2. The van der Waals surface area contributed by atoms with Crippen molar-refractivity contribution in [2.24, 2.45) is 5.73 Å². The molecule has 6 heteroatoms. The molecule has 0 saturated heterocycles. The summed E-state index contributed by atoms with van der Waals surface area (Å²) in [5, 5.41) is 0. The Morgan fingerprint density at radius 1 is 1.30 bits per heavy atom. The first-order valence-electron chi connectivity index (χ1n) is 6.82. The van der Waals surface area contributed by atoms with Gasteiger partial charge in [-0.05, 0) is 20.6 Å². The third kappa shape index (κ3) is 2.32. The summed E-state index contributed by atoms with van der Waals surface area (Å²) < 4.78 is 13.1. The van der Waals surface area contributed by atoms with E-state index >= 15 is 0 Å². The van der Waals surface area contributed by atoms with Gasteiger partial charge in [-0.2, -0.15) is 0 Å². The van der Waals surface area contributed by atoms with Gasteiger partial charge in [-0.3, -0.25) is 0 Å². The van der Waals surface area contributed by atoms with Gasteiger partial charge in [0.25, 0.3) is 0 Å². The second-order valence-electron chi connectivity index (χ2n) is 5.22. The number of aromatic nitrogens is 2. The zero-order valence-electron chi connectivity index (χ0n) is 11.9. The predicted octanol–water partition coefficient (Wildman–Crippen LogP) is 0.828. The van der Waals surface area contributed by atoms with Gasteiger partial charge in [0.05, 0.1) is 11.0 Å². The molecular weight excluding hydrogens is 256 g/mol. The fraction of sp³-hybridized carbons (Fsp3) is 0.500. The van der Waals surface area contributed by atoms with Gasteiger partial charge < -0.3 is 24.7 Å². The minimum Gasteiger partial charge on any atom is -0.454 e. The van der Waals surface area contributed by atoms with Crippen molar-refractivity contribution in [2.45, 2.75) is 13.0 Å². The molecule has 2 aromatic rings. The number of nitrogens with two attached hydrogens (primary N) is 1. The highest BCUT2D eigenvalue weighted by Crippen LogP contribution is 2.36. The largest absolute Gasteiger partial charge is 0.454 e. The Morgan fingerprint density at radius 2 is 2.05 bits per heavy atom. The molecule has 0 amide bonds. The van der Waals surface area contributed by atoms with E-state index in [0.29, 0.717) is 6.54 Å². The number of imidazole rings is 1. The summed E-state index contributed by atoms with van der Waals surface area (Å²) in [5.74, 6) is 2.59. The van der Waals surface area contributed by atoms with Crippen LogP contribution in [-0.4, -0.2) is 48.4 Å². The van der Waals surface area contributed by atoms with E-state index in [4.69, 9.17) is 15.2 Å². The van der Waals surface area contributed by atoms with E-state index in [9.17, 15) is 0 Å². The minimum absolute atomic E-state index is 0.287. The molecule has 0 fully saturated rings. The van der Waals surface area contributed by atoms with Crippen LogP contribution in [0.2, 0.25) is 0 Å². The molecule has 0 atom stereocenters. The van der Waals surface area contributed by atoms with Gasteiger partial charge >= 0.3 is 0 Å². The number of ether oxygens (including phenoxy) is 2. The molecule has 3 rings (SSSR count). The van der Waals surface area contributed by atoms with Crippen LogP contribution in [0.1, 0.15) is 5.82 Å². The van der Waals surface area contributed by atoms with E-state index in [1.807, 2.05) is 12.1 Å². The normalized spacial score (nSPS) is 13.6. The smallest absolute Gasteiger partial charge is 0.231 e. The summed E-state index contributed by atoms with van der Waals surface area (Å²) in [6.45, 7) is 2.73. The van der Waals surface area contributed by atoms with Gasteiger partial charge in [0.15, 0.2) is 11.5 Å². The molecule has 0 bridgehead atoms. The summed E-state index contributed by atoms with van der Waals surface area (Å²) in [4.78, 5) is 6.84. The lowest BCUT2D eigenvalue weighted by Gasteiger charge is -2.13. The van der Waals surface area contributed by atoms with E-state index in [0.717, 1.165) is 47.9 Å². The zero-order chi connectivity index (χ0) is 14.1. The Hall–Kier alpha value is -1.79. The van der Waals surface area contributed by atoms with Crippen LogP contribution in [0.5, 0.6) is 11.5 Å². The molecule has 6 nitrogen and oxygen atoms in total. The van der Waals surface area contributed by atoms with Crippen molar-refractivity contribution in [3.05, 3.63) is 18.0 Å². The highest BCUT2D eigenvalue weighted by atomic mass is 16.7. The van der Waals surface area contributed by atoms with Crippen molar-refractivity contribution in [2.75, 3.05) is 34.0 Å². The summed E-state index contributed by atoms with van der Waals surface area (Å²) in [6, 6.07) is 3.96. The van der Waals surface area contributed by atoms with Crippen molar-refractivity contribution in [1.82, 2.24) is 14.5 Å². The third-order valence-electron chi connectivity index (χ3n) is 3.46. The summed E-state index contributed by atoms with van der Waals surface area (Å²) in [7, 11) is 4.13. The van der Waals surface area contributed by atoms with E-state index in [1.165, 1.54) is 0 Å². The molecule has 1 aliphatic heterocycles. The maximum atomic E-state index is 5.69. The average molecular weight is 276 g/mol. The summed E-state index contributed by atoms with van der Waals surface area (Å²) in [6.07, 6.45) is 0.772. The van der Waals surface area contributed by atoms with E-state index in [2.05, 4.69) is 28.5 Å². The molecular formula is C14H20N4O2. The molecule has 0 saturated carbocycles. The Morgan fingerprint density at radius 3 is 2.75 bits per heavy atom. The van der Waals surface area contributed by atoms with Gasteiger partial charge in [0.1, 0.15) is 5.82 Å². The SMILES string of the molecule is CN(C)CCn1c(CCN)nc2cc3c(cc21)OCO3. The average Bonchev–Trinajstić information content (AvgIpc) is 2.97.